The number of hydrogen-bond acceptors (Lipinski definition) is 7. The number of nitrogens with zero attached hydrogens (tertiary/aromatic N) is 2. The molecule has 3 heterocycles. The van der Waals surface area contributed by atoms with Crippen molar-refractivity contribution in [2.45, 2.75) is 58.5 Å². The van der Waals surface area contributed by atoms with Crippen LogP contribution in [-0.4, -0.2) is 53.6 Å². The number of carboxylic acid groups (broad SMARTS) is 1. The number of rotatable bonds is 8. The van der Waals surface area contributed by atoms with Crippen molar-refractivity contribution in [2.24, 2.45) is 5.41 Å². The summed E-state index contributed by atoms with van der Waals surface area (Å²) in [5, 5.41) is 9.15. The Balaban J connectivity index is 1.24. The van der Waals surface area contributed by atoms with Crippen LogP contribution in [0.25, 0.3) is 5.57 Å². The smallest absolute Gasteiger partial charge is 0.316 e. The molecule has 8 nitrogen and oxygen atoms in total. The molecule has 206 valence electrons. The maximum absolute atomic E-state index is 11.1. The normalized spacial score (nSPS) is 24.1. The van der Waals surface area contributed by atoms with Crippen LogP contribution in [0.2, 0.25) is 0 Å². The third-order valence-electron chi connectivity index (χ3n) is 7.52. The summed E-state index contributed by atoms with van der Waals surface area (Å²) in [7, 11) is 0. The summed E-state index contributed by atoms with van der Waals surface area (Å²) in [4.78, 5) is 20.5. The summed E-state index contributed by atoms with van der Waals surface area (Å²) in [5.41, 5.74) is 5.88. The van der Waals surface area contributed by atoms with E-state index >= 15 is 0 Å². The van der Waals surface area contributed by atoms with E-state index in [-0.39, 0.29) is 23.9 Å². The number of aryl methyl sites for hydroxylation is 2. The van der Waals surface area contributed by atoms with E-state index in [9.17, 15) is 4.79 Å². The van der Waals surface area contributed by atoms with E-state index in [1.54, 1.807) is 0 Å². The third-order valence-corrected chi connectivity index (χ3v) is 7.52. The summed E-state index contributed by atoms with van der Waals surface area (Å²) in [6.45, 7) is 12.7. The summed E-state index contributed by atoms with van der Waals surface area (Å²) in [6.07, 6.45) is 8.54. The standard InChI is InChI=1S/C31H36N2O6/c1-19-7-5-8-22(29-20(2)32-30(33-21(29)3)38-18-31(4)16-36-17-31)9-6-10-26(19)39-24-11-12-25-23(13-28(34)35)15-37-27(25)14-24/h5,7-8,11-12,14,23,26H,1,6,9-10,13,15-18H2,2-4H3,(H,34,35)/b7-5-,22-8+/t23-,26-/m1/s1. The molecule has 8 heteroatoms. The molecule has 1 fully saturated rings. The van der Waals surface area contributed by atoms with Crippen LogP contribution in [0.4, 0.5) is 0 Å². The van der Waals surface area contributed by atoms with Crippen molar-refractivity contribution in [3.63, 3.8) is 0 Å². The Kier molecular flexibility index (Phi) is 7.75. The van der Waals surface area contributed by atoms with Gasteiger partial charge in [0.05, 0.1) is 37.6 Å². The fourth-order valence-electron chi connectivity index (χ4n) is 5.35. The largest absolute Gasteiger partial charge is 0.492 e. The second kappa shape index (κ2) is 11.2. The Labute approximate surface area is 229 Å². The lowest BCUT2D eigenvalue weighted by molar-refractivity contribution is -0.137. The van der Waals surface area contributed by atoms with Crippen molar-refractivity contribution in [1.29, 1.82) is 0 Å². The second-order valence-corrected chi connectivity index (χ2v) is 11.1. The van der Waals surface area contributed by atoms with Gasteiger partial charge in [0.15, 0.2) is 0 Å². The Bertz CT molecular complexity index is 1300. The highest BCUT2D eigenvalue weighted by atomic mass is 16.5. The molecule has 0 unspecified atom stereocenters. The molecule has 39 heavy (non-hydrogen) atoms. The van der Waals surface area contributed by atoms with Crippen molar-refractivity contribution < 1.29 is 28.8 Å². The molecule has 1 aromatic carbocycles. The van der Waals surface area contributed by atoms with Gasteiger partial charge in [0.1, 0.15) is 24.2 Å². The SMILES string of the molecule is C=C1/C=C\C=C(\c2c(C)nc(OCC3(C)COC3)nc2C)CCC[C@H]1Oc1ccc2c(c1)OC[C@H]2CC(=O)O. The van der Waals surface area contributed by atoms with Gasteiger partial charge >= 0.3 is 12.0 Å². The maximum atomic E-state index is 11.1. The molecule has 2 aromatic rings. The van der Waals surface area contributed by atoms with Gasteiger partial charge in [0.2, 0.25) is 0 Å². The predicted molar refractivity (Wildman–Crippen MR) is 147 cm³/mol. The average molecular weight is 533 g/mol. The van der Waals surface area contributed by atoms with Crippen LogP contribution in [0, 0.1) is 19.3 Å². The Morgan fingerprint density at radius 2 is 2.00 bits per heavy atom. The van der Waals surface area contributed by atoms with Gasteiger partial charge in [0, 0.05) is 28.5 Å². The molecule has 0 radical (unpaired) electrons. The number of benzene rings is 1. The number of hydrogen-bond donors (Lipinski definition) is 1. The van der Waals surface area contributed by atoms with Crippen LogP contribution in [0.15, 0.2) is 48.6 Å². The highest BCUT2D eigenvalue weighted by molar-refractivity contribution is 5.71. The molecule has 3 aliphatic rings. The van der Waals surface area contributed by atoms with Gasteiger partial charge in [-0.1, -0.05) is 37.8 Å². The van der Waals surface area contributed by atoms with Crippen LogP contribution >= 0.6 is 0 Å². The molecule has 1 N–H and O–H groups in total. The average Bonchev–Trinajstić information content (AvgIpc) is 3.28. The zero-order chi connectivity index (χ0) is 27.6. The van der Waals surface area contributed by atoms with Crippen LogP contribution in [-0.2, 0) is 9.53 Å². The van der Waals surface area contributed by atoms with E-state index in [0.29, 0.717) is 43.9 Å². The molecule has 0 bridgehead atoms. The number of carboxylic acids is 1. The topological polar surface area (TPSA) is 100 Å². The predicted octanol–water partition coefficient (Wildman–Crippen LogP) is 5.59. The molecule has 5 rings (SSSR count). The maximum Gasteiger partial charge on any atom is 0.316 e. The van der Waals surface area contributed by atoms with Gasteiger partial charge in [-0.3, -0.25) is 4.79 Å². The quantitative estimate of drug-likeness (QED) is 0.470. The minimum Gasteiger partial charge on any atom is -0.492 e. The Morgan fingerprint density at radius 1 is 1.23 bits per heavy atom. The summed E-state index contributed by atoms with van der Waals surface area (Å²) >= 11 is 0. The lowest BCUT2D eigenvalue weighted by Crippen LogP contribution is -2.44. The van der Waals surface area contributed by atoms with Gasteiger partial charge in [-0.2, -0.15) is 9.97 Å². The van der Waals surface area contributed by atoms with Gasteiger partial charge in [-0.05, 0) is 50.3 Å². The summed E-state index contributed by atoms with van der Waals surface area (Å²) in [6, 6.07) is 6.08. The molecular formula is C31H36N2O6. The molecule has 2 aliphatic heterocycles. The minimum atomic E-state index is -0.825. The molecule has 0 saturated carbocycles. The first kappa shape index (κ1) is 26.9. The molecule has 1 aliphatic carbocycles. The van der Waals surface area contributed by atoms with Crippen LogP contribution < -0.4 is 14.2 Å². The first-order valence-corrected chi connectivity index (χ1v) is 13.5. The van der Waals surface area contributed by atoms with E-state index in [0.717, 1.165) is 47.4 Å². The first-order chi connectivity index (χ1) is 18.7. The van der Waals surface area contributed by atoms with E-state index in [1.807, 2.05) is 44.2 Å². The Hall–Kier alpha value is -3.65. The van der Waals surface area contributed by atoms with Crippen LogP contribution in [0.5, 0.6) is 17.5 Å². The van der Waals surface area contributed by atoms with Crippen molar-refractivity contribution >= 4 is 11.5 Å². The fourth-order valence-corrected chi connectivity index (χ4v) is 5.35. The fraction of sp³-hybridized carbons (Fsp3) is 0.452. The zero-order valence-electron chi connectivity index (χ0n) is 22.9. The van der Waals surface area contributed by atoms with E-state index in [4.69, 9.17) is 24.1 Å². The first-order valence-electron chi connectivity index (χ1n) is 13.5. The van der Waals surface area contributed by atoms with Crippen molar-refractivity contribution in [1.82, 2.24) is 9.97 Å². The van der Waals surface area contributed by atoms with Gasteiger partial charge in [-0.15, -0.1) is 0 Å². The number of carbonyl (C=O) groups is 1. The lowest BCUT2D eigenvalue weighted by Gasteiger charge is -2.37. The second-order valence-electron chi connectivity index (χ2n) is 11.1. The molecule has 0 amide bonds. The highest BCUT2D eigenvalue weighted by Crippen LogP contribution is 2.39. The summed E-state index contributed by atoms with van der Waals surface area (Å²) < 4.78 is 23.3. The van der Waals surface area contributed by atoms with Gasteiger partial charge in [0.25, 0.3) is 0 Å². The molecular weight excluding hydrogens is 496 g/mol. The van der Waals surface area contributed by atoms with Crippen molar-refractivity contribution in [3.8, 4) is 17.5 Å². The zero-order valence-corrected chi connectivity index (χ0v) is 22.9. The molecule has 1 aromatic heterocycles. The molecule has 1 saturated heterocycles. The number of ether oxygens (including phenoxy) is 4. The van der Waals surface area contributed by atoms with Gasteiger partial charge in [-0.25, -0.2) is 0 Å². The lowest BCUT2D eigenvalue weighted by atomic mass is 9.90. The number of aliphatic carboxylic acids is 1. The Morgan fingerprint density at radius 3 is 2.69 bits per heavy atom. The monoisotopic (exact) mass is 532 g/mol. The highest BCUT2D eigenvalue weighted by Gasteiger charge is 2.34. The van der Waals surface area contributed by atoms with E-state index in [2.05, 4.69) is 29.5 Å². The van der Waals surface area contributed by atoms with Crippen molar-refractivity contribution in [3.05, 3.63) is 71.1 Å². The van der Waals surface area contributed by atoms with E-state index < -0.39 is 5.97 Å². The van der Waals surface area contributed by atoms with Crippen LogP contribution in [0.1, 0.15) is 61.0 Å². The number of allylic oxidation sites excluding steroid dienone is 3. The minimum absolute atomic E-state index is 0.0333. The van der Waals surface area contributed by atoms with Crippen LogP contribution in [0.3, 0.4) is 0 Å². The third kappa shape index (κ3) is 6.17. The molecule has 0 spiro atoms. The number of fused-ring (bicyclic) bond motifs is 1. The van der Waals surface area contributed by atoms with Gasteiger partial charge < -0.3 is 24.1 Å². The summed E-state index contributed by atoms with van der Waals surface area (Å²) in [5.74, 6) is 0.430. The molecule has 2 atom stereocenters. The van der Waals surface area contributed by atoms with Crippen molar-refractivity contribution in [2.75, 3.05) is 26.4 Å². The van der Waals surface area contributed by atoms with E-state index in [1.165, 1.54) is 5.57 Å². The number of aromatic nitrogens is 2.